The molecule has 1 rings (SSSR count). The Hall–Kier alpha value is -0.630. The fourth-order valence-corrected chi connectivity index (χ4v) is 1.64. The summed E-state index contributed by atoms with van der Waals surface area (Å²) in [5, 5.41) is 2.70. The highest BCUT2D eigenvalue weighted by Gasteiger charge is 2.26. The molecule has 1 fully saturated rings. The van der Waals surface area contributed by atoms with Gasteiger partial charge in [-0.3, -0.25) is 9.59 Å². The Morgan fingerprint density at radius 1 is 1.83 bits per heavy atom. The molecule has 68 valence electrons. The van der Waals surface area contributed by atoms with Crippen LogP contribution in [0.1, 0.15) is 13.3 Å². The van der Waals surface area contributed by atoms with Gasteiger partial charge in [0.25, 0.3) is 0 Å². The number of amides is 2. The average Bonchev–Trinajstić information content (AvgIpc) is 2.28. The molecule has 0 aromatic carbocycles. The van der Waals surface area contributed by atoms with Crippen molar-refractivity contribution in [1.82, 2.24) is 9.99 Å². The van der Waals surface area contributed by atoms with E-state index in [1.807, 2.05) is 0 Å². The lowest BCUT2D eigenvalue weighted by atomic mass is 10.1. The van der Waals surface area contributed by atoms with Gasteiger partial charge in [-0.1, -0.05) is 0 Å². The van der Waals surface area contributed by atoms with Gasteiger partial charge in [-0.25, -0.2) is 0 Å². The zero-order valence-corrected chi connectivity index (χ0v) is 8.19. The predicted octanol–water partition coefficient (Wildman–Crippen LogP) is -0.239. The molecule has 2 amide bonds. The summed E-state index contributed by atoms with van der Waals surface area (Å²) >= 11 is 0. The van der Waals surface area contributed by atoms with Gasteiger partial charge in [0.05, 0.1) is 0 Å². The van der Waals surface area contributed by atoms with Crippen molar-refractivity contribution in [3.8, 4) is 0 Å². The van der Waals surface area contributed by atoms with E-state index >= 15 is 0 Å². The molecule has 0 saturated carbocycles. The molecule has 1 aliphatic heterocycles. The van der Waals surface area contributed by atoms with Crippen LogP contribution in [0.2, 0.25) is 0 Å². The van der Waals surface area contributed by atoms with E-state index in [0.717, 1.165) is 6.54 Å². The highest BCUT2D eigenvalue weighted by molar-refractivity contribution is 7.14. The minimum absolute atomic E-state index is 0.0374. The van der Waals surface area contributed by atoms with E-state index in [1.54, 1.807) is 4.67 Å². The lowest BCUT2D eigenvalue weighted by Crippen LogP contribution is -2.27. The molecule has 0 aromatic rings. The summed E-state index contributed by atoms with van der Waals surface area (Å²) in [6.07, 6.45) is 0.545. The molecule has 12 heavy (non-hydrogen) atoms. The SMILES string of the molecule is CC(=O)NCC1CC(=O)N(P)C1. The minimum atomic E-state index is -0.0374. The largest absolute Gasteiger partial charge is 0.356 e. The van der Waals surface area contributed by atoms with Gasteiger partial charge < -0.3 is 9.99 Å². The Bertz CT molecular complexity index is 208. The van der Waals surface area contributed by atoms with Crippen LogP contribution >= 0.6 is 9.39 Å². The highest BCUT2D eigenvalue weighted by atomic mass is 31.0. The summed E-state index contributed by atoms with van der Waals surface area (Å²) in [4.78, 5) is 21.6. The lowest BCUT2D eigenvalue weighted by Gasteiger charge is -2.09. The fourth-order valence-electron chi connectivity index (χ4n) is 1.23. The minimum Gasteiger partial charge on any atom is -0.356 e. The Balaban J connectivity index is 2.28. The number of carbonyl (C=O) groups excluding carboxylic acids is 2. The van der Waals surface area contributed by atoms with Gasteiger partial charge in [0.15, 0.2) is 0 Å². The molecule has 2 unspecified atom stereocenters. The van der Waals surface area contributed by atoms with Crippen molar-refractivity contribution in [3.05, 3.63) is 0 Å². The first kappa shape index (κ1) is 9.46. The number of carbonyl (C=O) groups is 2. The summed E-state index contributed by atoms with van der Waals surface area (Å²) < 4.78 is 1.62. The standard InChI is InChI=1S/C7H13N2O2P/c1-5(10)8-3-6-2-7(11)9(12)4-6/h6H,2-4,12H2,1H3,(H,8,10). The van der Waals surface area contributed by atoms with Gasteiger partial charge >= 0.3 is 0 Å². The van der Waals surface area contributed by atoms with Crippen LogP contribution in [0.25, 0.3) is 0 Å². The van der Waals surface area contributed by atoms with E-state index in [0.29, 0.717) is 13.0 Å². The van der Waals surface area contributed by atoms with Crippen molar-refractivity contribution in [3.63, 3.8) is 0 Å². The predicted molar refractivity (Wildman–Crippen MR) is 48.2 cm³/mol. The van der Waals surface area contributed by atoms with Crippen molar-refractivity contribution in [2.24, 2.45) is 5.92 Å². The molecule has 0 aromatic heterocycles. The first-order valence-electron chi connectivity index (χ1n) is 3.89. The normalized spacial score (nSPS) is 23.0. The topological polar surface area (TPSA) is 49.4 Å². The number of hydrogen-bond donors (Lipinski definition) is 1. The van der Waals surface area contributed by atoms with Crippen molar-refractivity contribution in [1.29, 1.82) is 0 Å². The maximum absolute atomic E-state index is 11.0. The van der Waals surface area contributed by atoms with Crippen molar-refractivity contribution in [2.45, 2.75) is 13.3 Å². The summed E-state index contributed by atoms with van der Waals surface area (Å²) in [5.74, 6) is 0.374. The third-order valence-corrected chi connectivity index (χ3v) is 2.38. The van der Waals surface area contributed by atoms with E-state index in [4.69, 9.17) is 0 Å². The van der Waals surface area contributed by atoms with Crippen LogP contribution in [-0.4, -0.2) is 29.6 Å². The van der Waals surface area contributed by atoms with Crippen LogP contribution < -0.4 is 5.32 Å². The number of hydrogen-bond acceptors (Lipinski definition) is 2. The van der Waals surface area contributed by atoms with Crippen LogP contribution in [-0.2, 0) is 9.59 Å². The van der Waals surface area contributed by atoms with Gasteiger partial charge in [0, 0.05) is 32.4 Å². The van der Waals surface area contributed by atoms with Crippen molar-refractivity contribution < 1.29 is 9.59 Å². The first-order valence-corrected chi connectivity index (χ1v) is 4.40. The van der Waals surface area contributed by atoms with Gasteiger partial charge in [-0.15, -0.1) is 0 Å². The molecule has 4 nitrogen and oxygen atoms in total. The summed E-state index contributed by atoms with van der Waals surface area (Å²) in [6, 6.07) is 0. The quantitative estimate of drug-likeness (QED) is 0.608. The van der Waals surface area contributed by atoms with Gasteiger partial charge in [-0.2, -0.15) is 0 Å². The van der Waals surface area contributed by atoms with E-state index in [-0.39, 0.29) is 17.7 Å². The number of nitrogens with one attached hydrogen (secondary N) is 1. The Morgan fingerprint density at radius 2 is 2.50 bits per heavy atom. The zero-order valence-electron chi connectivity index (χ0n) is 7.04. The van der Waals surface area contributed by atoms with Crippen molar-refractivity contribution in [2.75, 3.05) is 13.1 Å². The summed E-state index contributed by atoms with van der Waals surface area (Å²) in [5.41, 5.74) is 0. The third-order valence-electron chi connectivity index (χ3n) is 1.88. The van der Waals surface area contributed by atoms with Crippen LogP contribution in [0.3, 0.4) is 0 Å². The number of nitrogens with zero attached hydrogens (tertiary/aromatic N) is 1. The molecule has 0 spiro atoms. The highest BCUT2D eigenvalue weighted by Crippen LogP contribution is 2.19. The van der Waals surface area contributed by atoms with Crippen LogP contribution in [0.4, 0.5) is 0 Å². The van der Waals surface area contributed by atoms with E-state index in [1.165, 1.54) is 6.92 Å². The fraction of sp³-hybridized carbons (Fsp3) is 0.714. The molecule has 1 N–H and O–H groups in total. The third kappa shape index (κ3) is 2.45. The summed E-state index contributed by atoms with van der Waals surface area (Å²) in [6.45, 7) is 2.81. The molecular weight excluding hydrogens is 175 g/mol. The van der Waals surface area contributed by atoms with Gasteiger partial charge in [-0.05, 0) is 9.39 Å². The molecule has 5 heteroatoms. The second-order valence-corrected chi connectivity index (χ2v) is 3.68. The second-order valence-electron chi connectivity index (χ2n) is 3.05. The summed E-state index contributed by atoms with van der Waals surface area (Å²) in [7, 11) is 2.38. The molecule has 2 atom stereocenters. The Kier molecular flexibility index (Phi) is 3.04. The van der Waals surface area contributed by atoms with Gasteiger partial charge in [0.2, 0.25) is 11.8 Å². The van der Waals surface area contributed by atoms with E-state index in [9.17, 15) is 9.59 Å². The van der Waals surface area contributed by atoms with Crippen LogP contribution in [0.5, 0.6) is 0 Å². The second kappa shape index (κ2) is 3.85. The lowest BCUT2D eigenvalue weighted by molar-refractivity contribution is -0.123. The van der Waals surface area contributed by atoms with E-state index < -0.39 is 0 Å². The maximum Gasteiger partial charge on any atom is 0.225 e. The number of rotatable bonds is 2. The molecule has 1 saturated heterocycles. The smallest absolute Gasteiger partial charge is 0.225 e. The Morgan fingerprint density at radius 3 is 2.92 bits per heavy atom. The Labute approximate surface area is 73.9 Å². The molecule has 1 aliphatic rings. The molecule has 0 bridgehead atoms. The van der Waals surface area contributed by atoms with Gasteiger partial charge in [0.1, 0.15) is 0 Å². The molecule has 0 radical (unpaired) electrons. The maximum atomic E-state index is 11.0. The van der Waals surface area contributed by atoms with E-state index in [2.05, 4.69) is 14.7 Å². The average molecular weight is 188 g/mol. The van der Waals surface area contributed by atoms with Crippen LogP contribution in [0.15, 0.2) is 0 Å². The zero-order chi connectivity index (χ0) is 9.14. The van der Waals surface area contributed by atoms with Crippen molar-refractivity contribution >= 4 is 21.2 Å². The van der Waals surface area contributed by atoms with Crippen LogP contribution in [0, 0.1) is 5.92 Å². The molecular formula is C7H13N2O2P. The molecule has 0 aliphatic carbocycles. The first-order chi connectivity index (χ1) is 5.59. The monoisotopic (exact) mass is 188 g/mol. The molecule has 1 heterocycles.